The van der Waals surface area contributed by atoms with Gasteiger partial charge in [0, 0.05) is 6.42 Å². The van der Waals surface area contributed by atoms with Gasteiger partial charge in [-0.25, -0.2) is 0 Å². The molecule has 0 aromatic heterocycles. The van der Waals surface area contributed by atoms with Gasteiger partial charge >= 0.3 is 5.97 Å². The van der Waals surface area contributed by atoms with Crippen LogP contribution in [0.1, 0.15) is 66.2 Å². The van der Waals surface area contributed by atoms with Crippen LogP contribution in [0, 0.1) is 5.41 Å². The molecule has 5 heteroatoms. The SMILES string of the molecule is CC(C)(O)C(C)(C)NC(=O)CC1(C(=O)O)CCCCC1. The van der Waals surface area contributed by atoms with Crippen molar-refractivity contribution >= 4 is 11.9 Å². The monoisotopic (exact) mass is 285 g/mol. The van der Waals surface area contributed by atoms with E-state index in [2.05, 4.69) is 5.32 Å². The fourth-order valence-electron chi connectivity index (χ4n) is 2.55. The topological polar surface area (TPSA) is 86.6 Å². The molecule has 20 heavy (non-hydrogen) atoms. The molecular weight excluding hydrogens is 258 g/mol. The lowest BCUT2D eigenvalue weighted by molar-refractivity contribution is -0.154. The van der Waals surface area contributed by atoms with Gasteiger partial charge in [0.1, 0.15) is 0 Å². The summed E-state index contributed by atoms with van der Waals surface area (Å²) in [6, 6.07) is 0. The first-order valence-electron chi connectivity index (χ1n) is 7.27. The molecule has 0 aromatic rings. The second kappa shape index (κ2) is 5.72. The number of carboxylic acid groups (broad SMARTS) is 1. The molecule has 1 amide bonds. The highest BCUT2D eigenvalue weighted by Crippen LogP contribution is 2.39. The highest BCUT2D eigenvalue weighted by Gasteiger charge is 2.43. The molecule has 0 bridgehead atoms. The Labute approximate surface area is 120 Å². The number of carbonyl (C=O) groups is 2. The molecule has 116 valence electrons. The summed E-state index contributed by atoms with van der Waals surface area (Å²) in [5, 5.41) is 22.3. The molecule has 1 rings (SSSR count). The first-order valence-corrected chi connectivity index (χ1v) is 7.27. The molecule has 1 aliphatic carbocycles. The van der Waals surface area contributed by atoms with Gasteiger partial charge in [0.05, 0.1) is 16.6 Å². The average molecular weight is 285 g/mol. The number of aliphatic carboxylic acids is 1. The van der Waals surface area contributed by atoms with E-state index in [0.29, 0.717) is 12.8 Å². The van der Waals surface area contributed by atoms with Gasteiger partial charge in [-0.15, -0.1) is 0 Å². The van der Waals surface area contributed by atoms with Crippen LogP contribution < -0.4 is 5.32 Å². The molecule has 1 aliphatic rings. The zero-order valence-electron chi connectivity index (χ0n) is 13.0. The fourth-order valence-corrected chi connectivity index (χ4v) is 2.55. The summed E-state index contributed by atoms with van der Waals surface area (Å²) >= 11 is 0. The molecule has 0 radical (unpaired) electrons. The first kappa shape index (κ1) is 17.0. The van der Waals surface area contributed by atoms with Crippen molar-refractivity contribution < 1.29 is 19.8 Å². The standard InChI is InChI=1S/C15H27NO4/c1-13(2,14(3,4)20)16-11(17)10-15(12(18)19)8-6-5-7-9-15/h20H,5-10H2,1-4H3,(H,16,17)(H,18,19). The molecule has 0 heterocycles. The summed E-state index contributed by atoms with van der Waals surface area (Å²) < 4.78 is 0. The van der Waals surface area contributed by atoms with Crippen LogP contribution in [0.3, 0.4) is 0 Å². The van der Waals surface area contributed by atoms with Crippen LogP contribution >= 0.6 is 0 Å². The van der Waals surface area contributed by atoms with Crippen LogP contribution in [0.25, 0.3) is 0 Å². The predicted octanol–water partition coefficient (Wildman–Crippen LogP) is 2.08. The Morgan fingerprint density at radius 2 is 1.60 bits per heavy atom. The lowest BCUT2D eigenvalue weighted by Gasteiger charge is -2.39. The molecule has 3 N–H and O–H groups in total. The fraction of sp³-hybridized carbons (Fsp3) is 0.867. The van der Waals surface area contributed by atoms with Gasteiger partial charge in [-0.3, -0.25) is 9.59 Å². The van der Waals surface area contributed by atoms with Crippen molar-refractivity contribution in [1.82, 2.24) is 5.32 Å². The Balaban J connectivity index is 2.76. The number of amides is 1. The first-order chi connectivity index (χ1) is 9.00. The van der Waals surface area contributed by atoms with E-state index in [-0.39, 0.29) is 12.3 Å². The quantitative estimate of drug-likeness (QED) is 0.721. The van der Waals surface area contributed by atoms with Gasteiger partial charge in [-0.1, -0.05) is 19.3 Å². The van der Waals surface area contributed by atoms with Crippen LogP contribution in [-0.4, -0.2) is 33.2 Å². The van der Waals surface area contributed by atoms with Crippen molar-refractivity contribution in [3.8, 4) is 0 Å². The van der Waals surface area contributed by atoms with Crippen molar-refractivity contribution in [2.45, 2.75) is 77.4 Å². The third-order valence-electron chi connectivity index (χ3n) is 4.74. The maximum Gasteiger partial charge on any atom is 0.310 e. The zero-order valence-corrected chi connectivity index (χ0v) is 13.0. The van der Waals surface area contributed by atoms with Crippen molar-refractivity contribution in [3.63, 3.8) is 0 Å². The van der Waals surface area contributed by atoms with Crippen LogP contribution in [-0.2, 0) is 9.59 Å². The number of carbonyl (C=O) groups excluding carboxylic acids is 1. The number of nitrogens with one attached hydrogen (secondary N) is 1. The summed E-state index contributed by atoms with van der Waals surface area (Å²) in [5.41, 5.74) is -2.82. The van der Waals surface area contributed by atoms with Crippen molar-refractivity contribution in [2.75, 3.05) is 0 Å². The van der Waals surface area contributed by atoms with E-state index in [1.54, 1.807) is 27.7 Å². The summed E-state index contributed by atoms with van der Waals surface area (Å²) in [5.74, 6) is -1.19. The minimum Gasteiger partial charge on any atom is -0.481 e. The molecule has 0 aromatic carbocycles. The Bertz CT molecular complexity index is 376. The van der Waals surface area contributed by atoms with Crippen molar-refractivity contribution in [3.05, 3.63) is 0 Å². The Hall–Kier alpha value is -1.10. The molecule has 0 spiro atoms. The van der Waals surface area contributed by atoms with E-state index in [4.69, 9.17) is 0 Å². The van der Waals surface area contributed by atoms with Gasteiger partial charge < -0.3 is 15.5 Å². The van der Waals surface area contributed by atoms with E-state index in [1.807, 2.05) is 0 Å². The van der Waals surface area contributed by atoms with Gasteiger partial charge in [0.2, 0.25) is 5.91 Å². The van der Waals surface area contributed by atoms with Crippen LogP contribution in [0.5, 0.6) is 0 Å². The molecule has 5 nitrogen and oxygen atoms in total. The second-order valence-electron chi connectivity index (χ2n) is 7.06. The van der Waals surface area contributed by atoms with Gasteiger partial charge in [-0.05, 0) is 40.5 Å². The highest BCUT2D eigenvalue weighted by atomic mass is 16.4. The molecule has 0 unspecified atom stereocenters. The minimum absolute atomic E-state index is 0.0121. The Morgan fingerprint density at radius 1 is 1.10 bits per heavy atom. The summed E-state index contributed by atoms with van der Waals surface area (Å²) in [4.78, 5) is 23.7. The molecule has 0 aliphatic heterocycles. The number of hydrogen-bond acceptors (Lipinski definition) is 3. The van der Waals surface area contributed by atoms with Gasteiger partial charge in [0.25, 0.3) is 0 Å². The third-order valence-corrected chi connectivity index (χ3v) is 4.74. The summed E-state index contributed by atoms with van der Waals surface area (Å²) in [7, 11) is 0. The smallest absolute Gasteiger partial charge is 0.310 e. The third kappa shape index (κ3) is 3.72. The number of hydrogen-bond donors (Lipinski definition) is 3. The van der Waals surface area contributed by atoms with E-state index in [9.17, 15) is 19.8 Å². The van der Waals surface area contributed by atoms with E-state index < -0.39 is 22.5 Å². The molecular formula is C15H27NO4. The predicted molar refractivity (Wildman–Crippen MR) is 76.3 cm³/mol. The highest BCUT2D eigenvalue weighted by molar-refractivity contribution is 5.85. The lowest BCUT2D eigenvalue weighted by Crippen LogP contribution is -2.58. The van der Waals surface area contributed by atoms with Crippen molar-refractivity contribution in [2.24, 2.45) is 5.41 Å². The molecule has 0 saturated heterocycles. The largest absolute Gasteiger partial charge is 0.481 e. The van der Waals surface area contributed by atoms with E-state index in [1.165, 1.54) is 0 Å². The van der Waals surface area contributed by atoms with Crippen LogP contribution in [0.15, 0.2) is 0 Å². The average Bonchev–Trinajstić information content (AvgIpc) is 2.27. The maximum atomic E-state index is 12.2. The van der Waals surface area contributed by atoms with E-state index in [0.717, 1.165) is 19.3 Å². The molecule has 1 fully saturated rings. The van der Waals surface area contributed by atoms with E-state index >= 15 is 0 Å². The Morgan fingerprint density at radius 3 is 2.00 bits per heavy atom. The van der Waals surface area contributed by atoms with Gasteiger partial charge in [-0.2, -0.15) is 0 Å². The van der Waals surface area contributed by atoms with Gasteiger partial charge in [0.15, 0.2) is 0 Å². The van der Waals surface area contributed by atoms with Crippen molar-refractivity contribution in [1.29, 1.82) is 0 Å². The summed E-state index contributed by atoms with van der Waals surface area (Å²) in [6.07, 6.45) is 3.84. The number of aliphatic hydroxyl groups is 1. The lowest BCUT2D eigenvalue weighted by atomic mass is 9.71. The number of rotatable bonds is 5. The minimum atomic E-state index is -1.08. The summed E-state index contributed by atoms with van der Waals surface area (Å²) in [6.45, 7) is 6.72. The van der Waals surface area contributed by atoms with Crippen LogP contribution in [0.2, 0.25) is 0 Å². The molecule has 0 atom stereocenters. The van der Waals surface area contributed by atoms with Crippen LogP contribution in [0.4, 0.5) is 0 Å². The zero-order chi connectivity index (χ0) is 15.6. The molecule has 1 saturated carbocycles. The maximum absolute atomic E-state index is 12.2. The second-order valence-corrected chi connectivity index (χ2v) is 7.06. The normalized spacial score (nSPS) is 19.4. The number of carboxylic acids is 1. The Kier molecular flexibility index (Phi) is 4.85.